The summed E-state index contributed by atoms with van der Waals surface area (Å²) in [6, 6.07) is 0.0847. The zero-order chi connectivity index (χ0) is 22.1. The Bertz CT molecular complexity index is 676. The molecule has 0 radical (unpaired) electrons. The van der Waals surface area contributed by atoms with Crippen molar-refractivity contribution < 1.29 is 19.1 Å². The van der Waals surface area contributed by atoms with Gasteiger partial charge in [0.25, 0.3) is 0 Å². The van der Waals surface area contributed by atoms with Crippen molar-refractivity contribution in [3.8, 4) is 6.19 Å². The molecule has 1 aliphatic heterocycles. The highest BCUT2D eigenvalue weighted by Gasteiger charge is 2.39. The van der Waals surface area contributed by atoms with Gasteiger partial charge in [-0.25, -0.2) is 9.69 Å². The van der Waals surface area contributed by atoms with E-state index in [0.717, 1.165) is 38.5 Å². The summed E-state index contributed by atoms with van der Waals surface area (Å²) in [5.74, 6) is 0.531. The topological polar surface area (TPSA) is 107 Å². The van der Waals surface area contributed by atoms with Gasteiger partial charge in [0.05, 0.1) is 19.8 Å². The molecule has 3 aliphatic rings. The fourth-order valence-electron chi connectivity index (χ4n) is 4.48. The SMILES string of the molecule is CCOC(=O)NC(=NCCC(C(=O)N(C#N)C1CC1)C1CCCCC1)N1CCOCC1. The number of hydrogen-bond acceptors (Lipinski definition) is 6. The number of aliphatic imine (C=N–C) groups is 1. The molecule has 31 heavy (non-hydrogen) atoms. The first-order chi connectivity index (χ1) is 15.1. The molecule has 1 unspecified atom stereocenters. The van der Waals surface area contributed by atoms with Gasteiger partial charge in [-0.15, -0.1) is 0 Å². The molecular weight excluding hydrogens is 398 g/mol. The molecule has 9 nitrogen and oxygen atoms in total. The van der Waals surface area contributed by atoms with Gasteiger partial charge in [0.1, 0.15) is 0 Å². The number of nitriles is 1. The van der Waals surface area contributed by atoms with Crippen molar-refractivity contribution in [2.75, 3.05) is 39.5 Å². The van der Waals surface area contributed by atoms with Crippen LogP contribution in [0.2, 0.25) is 0 Å². The molecular formula is C22H35N5O4. The molecule has 0 aromatic carbocycles. The van der Waals surface area contributed by atoms with Crippen LogP contribution in [0, 0.1) is 23.3 Å². The Kier molecular flexibility index (Phi) is 8.95. The third-order valence-corrected chi connectivity index (χ3v) is 6.29. The van der Waals surface area contributed by atoms with Crippen molar-refractivity contribution >= 4 is 18.0 Å². The summed E-state index contributed by atoms with van der Waals surface area (Å²) in [5.41, 5.74) is 0. The molecule has 9 heteroatoms. The van der Waals surface area contributed by atoms with Crippen LogP contribution in [0.4, 0.5) is 4.79 Å². The Morgan fingerprint density at radius 3 is 2.55 bits per heavy atom. The standard InChI is InChI=1S/C22H35N5O4/c1-2-31-22(29)25-21(26-12-14-30-15-13-26)24-11-10-19(17-6-4-3-5-7-17)20(28)27(16-23)18-8-9-18/h17-19H,2-15H2,1H3,(H,24,25,29). The maximum Gasteiger partial charge on any atom is 0.413 e. The van der Waals surface area contributed by atoms with E-state index in [-0.39, 0.29) is 24.5 Å². The zero-order valence-electron chi connectivity index (χ0n) is 18.6. The number of ether oxygens (including phenoxy) is 2. The van der Waals surface area contributed by atoms with Gasteiger partial charge in [-0.3, -0.25) is 15.1 Å². The van der Waals surface area contributed by atoms with Crippen LogP contribution in [-0.4, -0.2) is 73.3 Å². The first-order valence-corrected chi connectivity index (χ1v) is 11.7. The number of rotatable bonds is 7. The second kappa shape index (κ2) is 11.9. The van der Waals surface area contributed by atoms with Crippen molar-refractivity contribution in [2.24, 2.45) is 16.8 Å². The number of morpholine rings is 1. The largest absolute Gasteiger partial charge is 0.450 e. The predicted molar refractivity (Wildman–Crippen MR) is 115 cm³/mol. The highest BCUT2D eigenvalue weighted by Crippen LogP contribution is 2.35. The van der Waals surface area contributed by atoms with Gasteiger partial charge in [-0.05, 0) is 44.9 Å². The van der Waals surface area contributed by atoms with Crippen molar-refractivity contribution in [2.45, 2.75) is 64.3 Å². The van der Waals surface area contributed by atoms with Gasteiger partial charge in [-0.1, -0.05) is 19.3 Å². The maximum atomic E-state index is 13.2. The highest BCUT2D eigenvalue weighted by atomic mass is 16.5. The van der Waals surface area contributed by atoms with Crippen LogP contribution in [0.1, 0.15) is 58.3 Å². The number of guanidine groups is 1. The van der Waals surface area contributed by atoms with Crippen LogP contribution < -0.4 is 5.32 Å². The lowest BCUT2D eigenvalue weighted by atomic mass is 9.78. The summed E-state index contributed by atoms with van der Waals surface area (Å²) >= 11 is 0. The van der Waals surface area contributed by atoms with E-state index in [0.29, 0.717) is 51.1 Å². The van der Waals surface area contributed by atoms with Crippen molar-refractivity contribution in [1.82, 2.24) is 15.1 Å². The molecule has 3 rings (SSSR count). The molecule has 0 bridgehead atoms. The Morgan fingerprint density at radius 1 is 1.23 bits per heavy atom. The number of carbonyl (C=O) groups excluding carboxylic acids is 2. The van der Waals surface area contributed by atoms with E-state index in [4.69, 9.17) is 9.47 Å². The lowest BCUT2D eigenvalue weighted by Gasteiger charge is -2.32. The van der Waals surface area contributed by atoms with Crippen molar-refractivity contribution in [3.05, 3.63) is 0 Å². The van der Waals surface area contributed by atoms with Crippen LogP contribution in [0.3, 0.4) is 0 Å². The fraction of sp³-hybridized carbons (Fsp3) is 0.818. The minimum absolute atomic E-state index is 0.0432. The third-order valence-electron chi connectivity index (χ3n) is 6.29. The number of alkyl carbamates (subject to hydrolysis) is 1. The lowest BCUT2D eigenvalue weighted by molar-refractivity contribution is -0.135. The van der Waals surface area contributed by atoms with Gasteiger partial charge in [-0.2, -0.15) is 5.26 Å². The van der Waals surface area contributed by atoms with Gasteiger partial charge in [0, 0.05) is 31.6 Å². The first-order valence-electron chi connectivity index (χ1n) is 11.7. The highest BCUT2D eigenvalue weighted by molar-refractivity contribution is 5.94. The first kappa shape index (κ1) is 23.3. The Labute approximate surface area is 184 Å². The average molecular weight is 434 g/mol. The number of amides is 2. The normalized spacial score (nSPS) is 21.2. The van der Waals surface area contributed by atoms with Crippen molar-refractivity contribution in [3.63, 3.8) is 0 Å². The average Bonchev–Trinajstić information content (AvgIpc) is 3.63. The molecule has 1 atom stereocenters. The van der Waals surface area contributed by atoms with E-state index in [2.05, 4.69) is 16.5 Å². The Hall–Kier alpha value is -2.34. The van der Waals surface area contributed by atoms with Gasteiger partial charge < -0.3 is 14.4 Å². The van der Waals surface area contributed by atoms with Crippen LogP contribution >= 0.6 is 0 Å². The minimum Gasteiger partial charge on any atom is -0.450 e. The number of nitrogens with zero attached hydrogens (tertiary/aromatic N) is 4. The monoisotopic (exact) mass is 433 g/mol. The van der Waals surface area contributed by atoms with E-state index in [1.807, 2.05) is 4.90 Å². The maximum absolute atomic E-state index is 13.2. The van der Waals surface area contributed by atoms with E-state index in [9.17, 15) is 14.9 Å². The van der Waals surface area contributed by atoms with Crippen molar-refractivity contribution in [1.29, 1.82) is 5.26 Å². The number of carbonyl (C=O) groups is 2. The lowest BCUT2D eigenvalue weighted by Crippen LogP contribution is -2.49. The van der Waals surface area contributed by atoms with E-state index in [1.54, 1.807) is 6.92 Å². The quantitative estimate of drug-likeness (QED) is 0.286. The van der Waals surface area contributed by atoms with E-state index < -0.39 is 6.09 Å². The molecule has 172 valence electrons. The molecule has 3 fully saturated rings. The molecule has 2 aliphatic carbocycles. The summed E-state index contributed by atoms with van der Waals surface area (Å²) < 4.78 is 10.4. The van der Waals surface area contributed by atoms with Crippen LogP contribution in [0.5, 0.6) is 0 Å². The van der Waals surface area contributed by atoms with E-state index in [1.165, 1.54) is 11.3 Å². The summed E-state index contributed by atoms with van der Waals surface area (Å²) in [7, 11) is 0. The summed E-state index contributed by atoms with van der Waals surface area (Å²) in [6.45, 7) is 4.88. The number of nitrogens with one attached hydrogen (secondary N) is 1. The second-order valence-corrected chi connectivity index (χ2v) is 8.48. The van der Waals surface area contributed by atoms with Crippen LogP contribution in [0.15, 0.2) is 4.99 Å². The van der Waals surface area contributed by atoms with E-state index >= 15 is 0 Å². The van der Waals surface area contributed by atoms with Gasteiger partial charge in [0.15, 0.2) is 6.19 Å². The van der Waals surface area contributed by atoms with Crippen LogP contribution in [-0.2, 0) is 14.3 Å². The molecule has 1 N–H and O–H groups in total. The molecule has 0 aromatic rings. The molecule has 1 saturated heterocycles. The predicted octanol–water partition coefficient (Wildman–Crippen LogP) is 2.48. The minimum atomic E-state index is -0.531. The molecule has 0 spiro atoms. The third kappa shape index (κ3) is 6.82. The smallest absolute Gasteiger partial charge is 0.413 e. The molecule has 2 amide bonds. The van der Waals surface area contributed by atoms with Crippen LogP contribution in [0.25, 0.3) is 0 Å². The fourth-order valence-corrected chi connectivity index (χ4v) is 4.48. The van der Waals surface area contributed by atoms with Gasteiger partial charge in [0.2, 0.25) is 11.9 Å². The second-order valence-electron chi connectivity index (χ2n) is 8.48. The Morgan fingerprint density at radius 2 is 1.94 bits per heavy atom. The molecule has 2 saturated carbocycles. The Balaban J connectivity index is 1.68. The number of hydrogen-bond donors (Lipinski definition) is 1. The summed E-state index contributed by atoms with van der Waals surface area (Å²) in [5, 5.41) is 12.3. The summed E-state index contributed by atoms with van der Waals surface area (Å²) in [4.78, 5) is 33.3. The molecule has 1 heterocycles. The zero-order valence-corrected chi connectivity index (χ0v) is 18.6. The summed E-state index contributed by atoms with van der Waals surface area (Å²) in [6.07, 6.45) is 9.55. The van der Waals surface area contributed by atoms with Gasteiger partial charge >= 0.3 is 6.09 Å². The molecule has 0 aromatic heterocycles.